The maximum atomic E-state index is 11.6. The van der Waals surface area contributed by atoms with E-state index in [1.165, 1.54) is 13.2 Å². The SMILES string of the molecule is COc1ccc2c(N3CC3)cc(=O)oc2c1OC. The first-order chi connectivity index (χ1) is 8.74. The molecule has 1 aliphatic heterocycles. The van der Waals surface area contributed by atoms with Gasteiger partial charge in [-0.25, -0.2) is 4.79 Å². The largest absolute Gasteiger partial charge is 0.493 e. The molecule has 0 amide bonds. The lowest BCUT2D eigenvalue weighted by Crippen LogP contribution is -2.03. The van der Waals surface area contributed by atoms with Crippen LogP contribution in [0.15, 0.2) is 27.4 Å². The van der Waals surface area contributed by atoms with Crippen molar-refractivity contribution in [3.63, 3.8) is 0 Å². The van der Waals surface area contributed by atoms with Gasteiger partial charge in [-0.15, -0.1) is 0 Å². The molecule has 0 aliphatic carbocycles. The Bertz CT molecular complexity index is 658. The van der Waals surface area contributed by atoms with Crippen molar-refractivity contribution in [1.29, 1.82) is 0 Å². The van der Waals surface area contributed by atoms with E-state index in [0.29, 0.717) is 17.1 Å². The molecule has 0 atom stereocenters. The molecule has 0 unspecified atom stereocenters. The van der Waals surface area contributed by atoms with Gasteiger partial charge in [0.1, 0.15) is 0 Å². The molecule has 2 heterocycles. The van der Waals surface area contributed by atoms with E-state index in [1.807, 2.05) is 12.1 Å². The van der Waals surface area contributed by atoms with E-state index in [-0.39, 0.29) is 5.63 Å². The number of hydrogen-bond acceptors (Lipinski definition) is 5. The third-order valence-corrected chi connectivity index (χ3v) is 3.02. The lowest BCUT2D eigenvalue weighted by Gasteiger charge is -2.12. The standard InChI is InChI=1S/C13H13NO4/c1-16-10-4-3-8-9(14-5-6-14)7-11(15)18-12(8)13(10)17-2/h3-4,7H,5-6H2,1-2H3. The van der Waals surface area contributed by atoms with Crippen LogP contribution in [0.25, 0.3) is 11.0 Å². The zero-order valence-electron chi connectivity index (χ0n) is 10.2. The topological polar surface area (TPSA) is 51.7 Å². The number of anilines is 1. The third-order valence-electron chi connectivity index (χ3n) is 3.02. The lowest BCUT2D eigenvalue weighted by atomic mass is 10.2. The third kappa shape index (κ3) is 1.59. The summed E-state index contributed by atoms with van der Waals surface area (Å²) in [7, 11) is 3.08. The van der Waals surface area contributed by atoms with Crippen molar-refractivity contribution in [2.45, 2.75) is 0 Å². The Morgan fingerprint density at radius 1 is 1.22 bits per heavy atom. The summed E-state index contributed by atoms with van der Waals surface area (Å²) in [5.41, 5.74) is 0.949. The average molecular weight is 247 g/mol. The number of fused-ring (bicyclic) bond motifs is 1. The predicted molar refractivity (Wildman–Crippen MR) is 67.8 cm³/mol. The van der Waals surface area contributed by atoms with E-state index in [0.717, 1.165) is 24.2 Å². The van der Waals surface area contributed by atoms with Gasteiger partial charge in [-0.05, 0) is 12.1 Å². The summed E-state index contributed by atoms with van der Waals surface area (Å²) in [4.78, 5) is 13.7. The van der Waals surface area contributed by atoms with Crippen molar-refractivity contribution in [2.75, 3.05) is 32.2 Å². The summed E-state index contributed by atoms with van der Waals surface area (Å²) in [5, 5.41) is 0.866. The molecule has 0 spiro atoms. The van der Waals surface area contributed by atoms with Crippen molar-refractivity contribution in [3.8, 4) is 11.5 Å². The van der Waals surface area contributed by atoms with Crippen LogP contribution < -0.4 is 20.0 Å². The van der Waals surface area contributed by atoms with Crippen LogP contribution in [0.4, 0.5) is 5.69 Å². The van der Waals surface area contributed by atoms with Crippen molar-refractivity contribution < 1.29 is 13.9 Å². The highest BCUT2D eigenvalue weighted by Crippen LogP contribution is 2.39. The molecule has 2 aromatic rings. The normalized spacial score (nSPS) is 13.8. The second-order valence-electron chi connectivity index (χ2n) is 4.12. The van der Waals surface area contributed by atoms with E-state index in [4.69, 9.17) is 13.9 Å². The highest BCUT2D eigenvalue weighted by atomic mass is 16.5. The number of ether oxygens (including phenoxy) is 2. The molecule has 5 heteroatoms. The molecular formula is C13H13NO4. The van der Waals surface area contributed by atoms with Crippen LogP contribution >= 0.6 is 0 Å². The monoisotopic (exact) mass is 247 g/mol. The van der Waals surface area contributed by atoms with Crippen LogP contribution in [0.3, 0.4) is 0 Å². The molecule has 0 radical (unpaired) electrons. The summed E-state index contributed by atoms with van der Waals surface area (Å²) in [6.45, 7) is 1.93. The van der Waals surface area contributed by atoms with E-state index in [2.05, 4.69) is 4.90 Å². The molecule has 0 saturated carbocycles. The van der Waals surface area contributed by atoms with Gasteiger partial charge in [0.05, 0.1) is 19.9 Å². The smallest absolute Gasteiger partial charge is 0.338 e. The molecule has 18 heavy (non-hydrogen) atoms. The Kier molecular flexibility index (Phi) is 2.40. The van der Waals surface area contributed by atoms with Gasteiger partial charge < -0.3 is 18.8 Å². The van der Waals surface area contributed by atoms with E-state index >= 15 is 0 Å². The molecule has 3 rings (SSSR count). The Morgan fingerprint density at radius 3 is 2.61 bits per heavy atom. The molecule has 1 aromatic heterocycles. The summed E-state index contributed by atoms with van der Waals surface area (Å²) in [5.74, 6) is 1.01. The fourth-order valence-electron chi connectivity index (χ4n) is 2.07. The van der Waals surface area contributed by atoms with Gasteiger partial charge in [-0.3, -0.25) is 0 Å². The molecule has 1 aliphatic rings. The molecule has 94 valence electrons. The van der Waals surface area contributed by atoms with Crippen LogP contribution in [0.5, 0.6) is 11.5 Å². The summed E-state index contributed by atoms with van der Waals surface area (Å²) in [6, 6.07) is 5.21. The van der Waals surface area contributed by atoms with Gasteiger partial charge in [0.25, 0.3) is 0 Å². The maximum absolute atomic E-state index is 11.6. The minimum atomic E-state index is -0.379. The highest BCUT2D eigenvalue weighted by Gasteiger charge is 2.23. The molecule has 0 bridgehead atoms. The maximum Gasteiger partial charge on any atom is 0.338 e. The number of nitrogens with zero attached hydrogens (tertiary/aromatic N) is 1. The fraction of sp³-hybridized carbons (Fsp3) is 0.308. The number of rotatable bonds is 3. The molecule has 0 N–H and O–H groups in total. The van der Waals surface area contributed by atoms with Crippen molar-refractivity contribution in [1.82, 2.24) is 0 Å². The second kappa shape index (κ2) is 3.94. The van der Waals surface area contributed by atoms with E-state index < -0.39 is 0 Å². The van der Waals surface area contributed by atoms with Gasteiger partial charge in [-0.1, -0.05) is 0 Å². The minimum absolute atomic E-state index is 0.379. The zero-order chi connectivity index (χ0) is 12.7. The molecule has 1 fully saturated rings. The highest BCUT2D eigenvalue weighted by molar-refractivity contribution is 5.96. The quantitative estimate of drug-likeness (QED) is 0.609. The van der Waals surface area contributed by atoms with Crippen molar-refractivity contribution in [2.24, 2.45) is 0 Å². The first-order valence-electron chi connectivity index (χ1n) is 5.68. The van der Waals surface area contributed by atoms with Crippen LogP contribution in [-0.4, -0.2) is 27.3 Å². The van der Waals surface area contributed by atoms with Crippen LogP contribution in [0.2, 0.25) is 0 Å². The van der Waals surface area contributed by atoms with E-state index in [9.17, 15) is 4.79 Å². The molecular weight excluding hydrogens is 234 g/mol. The summed E-state index contributed by atoms with van der Waals surface area (Å²) < 4.78 is 15.7. The zero-order valence-corrected chi connectivity index (χ0v) is 10.2. The van der Waals surface area contributed by atoms with Gasteiger partial charge in [0, 0.05) is 24.5 Å². The van der Waals surface area contributed by atoms with E-state index in [1.54, 1.807) is 7.11 Å². The number of hydrogen-bond donors (Lipinski definition) is 0. The minimum Gasteiger partial charge on any atom is -0.493 e. The second-order valence-corrected chi connectivity index (χ2v) is 4.12. The molecule has 5 nitrogen and oxygen atoms in total. The van der Waals surface area contributed by atoms with Crippen LogP contribution in [-0.2, 0) is 0 Å². The van der Waals surface area contributed by atoms with Gasteiger partial charge in [-0.2, -0.15) is 0 Å². The summed E-state index contributed by atoms with van der Waals surface area (Å²) >= 11 is 0. The molecule has 1 saturated heterocycles. The predicted octanol–water partition coefficient (Wildman–Crippen LogP) is 1.63. The Balaban J connectivity index is 2.37. The van der Waals surface area contributed by atoms with Crippen LogP contribution in [0.1, 0.15) is 0 Å². The lowest BCUT2D eigenvalue weighted by molar-refractivity contribution is 0.352. The molecule has 1 aromatic carbocycles. The fourth-order valence-corrected chi connectivity index (χ4v) is 2.07. The van der Waals surface area contributed by atoms with Crippen molar-refractivity contribution in [3.05, 3.63) is 28.6 Å². The Labute approximate surface area is 104 Å². The average Bonchev–Trinajstić information content (AvgIpc) is 3.20. The van der Waals surface area contributed by atoms with Gasteiger partial charge >= 0.3 is 5.63 Å². The first-order valence-corrected chi connectivity index (χ1v) is 5.68. The number of methoxy groups -OCH3 is 2. The Morgan fingerprint density at radius 2 is 2.00 bits per heavy atom. The van der Waals surface area contributed by atoms with Gasteiger partial charge in [0.2, 0.25) is 5.75 Å². The number of benzene rings is 1. The Hall–Kier alpha value is -2.17. The first kappa shape index (κ1) is 11.0. The summed E-state index contributed by atoms with van der Waals surface area (Å²) in [6.07, 6.45) is 0. The van der Waals surface area contributed by atoms with Crippen molar-refractivity contribution >= 4 is 16.7 Å². The van der Waals surface area contributed by atoms with Crippen LogP contribution in [0, 0.1) is 0 Å². The van der Waals surface area contributed by atoms with Gasteiger partial charge in [0.15, 0.2) is 11.3 Å².